The number of hydrogen-bond acceptors (Lipinski definition) is 3. The summed E-state index contributed by atoms with van der Waals surface area (Å²) >= 11 is 0. The number of carbonyl (C=O) groups excluding carboxylic acids is 1. The van der Waals surface area contributed by atoms with Crippen LogP contribution in [0.5, 0.6) is 0 Å². The maximum Gasteiger partial charge on any atom is 0.171 e. The number of halogens is 1. The van der Waals surface area contributed by atoms with Gasteiger partial charge in [-0.05, 0) is 23.8 Å². The normalized spacial score (nSPS) is 10.8. The number of carbonyl (C=O) groups is 1. The van der Waals surface area contributed by atoms with Gasteiger partial charge >= 0.3 is 0 Å². The van der Waals surface area contributed by atoms with Crippen LogP contribution in [-0.2, 0) is 6.42 Å². The van der Waals surface area contributed by atoms with Crippen LogP contribution < -0.4 is 0 Å². The molecular formula is C14H10FN3O. The van der Waals surface area contributed by atoms with Gasteiger partial charge in [-0.2, -0.15) is 0 Å². The van der Waals surface area contributed by atoms with Crippen molar-refractivity contribution in [3.63, 3.8) is 0 Å². The standard InChI is InChI=1S/C14H10FN3O/c15-12-6-2-1-4-10(12)8-13-16-17-14-11(9-19)5-3-7-18(13)14/h1-7,9H,8H2. The van der Waals surface area contributed by atoms with E-state index in [2.05, 4.69) is 10.2 Å². The van der Waals surface area contributed by atoms with E-state index in [0.29, 0.717) is 29.0 Å². The maximum absolute atomic E-state index is 13.6. The fourth-order valence-electron chi connectivity index (χ4n) is 2.01. The van der Waals surface area contributed by atoms with Crippen LogP contribution in [-0.4, -0.2) is 20.9 Å². The van der Waals surface area contributed by atoms with Crippen LogP contribution in [0.2, 0.25) is 0 Å². The van der Waals surface area contributed by atoms with Crippen LogP contribution in [0.15, 0.2) is 42.6 Å². The van der Waals surface area contributed by atoms with Gasteiger partial charge in [-0.3, -0.25) is 9.20 Å². The SMILES string of the molecule is O=Cc1cccn2c(Cc3ccccc3F)nnc12. The average Bonchev–Trinajstić information content (AvgIpc) is 2.84. The predicted octanol–water partition coefficient (Wildman–Crippen LogP) is 2.27. The first kappa shape index (κ1) is 11.5. The highest BCUT2D eigenvalue weighted by Gasteiger charge is 2.11. The molecule has 19 heavy (non-hydrogen) atoms. The molecule has 2 aromatic heterocycles. The number of pyridine rings is 1. The molecule has 94 valence electrons. The molecule has 2 heterocycles. The Hall–Kier alpha value is -2.56. The smallest absolute Gasteiger partial charge is 0.171 e. The third kappa shape index (κ3) is 1.99. The molecule has 0 saturated carbocycles. The maximum atomic E-state index is 13.6. The minimum Gasteiger partial charge on any atom is -0.298 e. The number of fused-ring (bicyclic) bond motifs is 1. The lowest BCUT2D eigenvalue weighted by Crippen LogP contribution is -1.99. The second-order valence-electron chi connectivity index (χ2n) is 4.16. The fraction of sp³-hybridized carbons (Fsp3) is 0.0714. The van der Waals surface area contributed by atoms with E-state index in [4.69, 9.17) is 0 Å². The third-order valence-electron chi connectivity index (χ3n) is 2.97. The number of aldehydes is 1. The van der Waals surface area contributed by atoms with Crippen molar-refractivity contribution in [3.8, 4) is 0 Å². The highest BCUT2D eigenvalue weighted by Crippen LogP contribution is 2.14. The van der Waals surface area contributed by atoms with Crippen molar-refractivity contribution in [2.24, 2.45) is 0 Å². The highest BCUT2D eigenvalue weighted by atomic mass is 19.1. The molecule has 0 aliphatic rings. The Kier molecular flexibility index (Phi) is 2.79. The molecule has 0 aliphatic heterocycles. The van der Waals surface area contributed by atoms with Gasteiger partial charge in [0.1, 0.15) is 11.6 Å². The topological polar surface area (TPSA) is 47.3 Å². The van der Waals surface area contributed by atoms with Gasteiger partial charge < -0.3 is 0 Å². The first-order valence-electron chi connectivity index (χ1n) is 5.81. The largest absolute Gasteiger partial charge is 0.298 e. The van der Waals surface area contributed by atoms with Crippen LogP contribution >= 0.6 is 0 Å². The Morgan fingerprint density at radius 3 is 2.79 bits per heavy atom. The van der Waals surface area contributed by atoms with Crippen LogP contribution in [0.25, 0.3) is 5.65 Å². The summed E-state index contributed by atoms with van der Waals surface area (Å²) in [5.74, 6) is 0.328. The summed E-state index contributed by atoms with van der Waals surface area (Å²) in [6, 6.07) is 9.95. The number of nitrogens with zero attached hydrogens (tertiary/aromatic N) is 3. The summed E-state index contributed by atoms with van der Waals surface area (Å²) in [6.45, 7) is 0. The second-order valence-corrected chi connectivity index (χ2v) is 4.16. The molecule has 0 spiro atoms. The van der Waals surface area contributed by atoms with Crippen LogP contribution in [0, 0.1) is 5.82 Å². The van der Waals surface area contributed by atoms with Crippen molar-refractivity contribution in [1.82, 2.24) is 14.6 Å². The zero-order chi connectivity index (χ0) is 13.2. The lowest BCUT2D eigenvalue weighted by atomic mass is 10.1. The van der Waals surface area contributed by atoms with E-state index in [1.165, 1.54) is 6.07 Å². The van der Waals surface area contributed by atoms with Gasteiger partial charge in [-0.1, -0.05) is 18.2 Å². The van der Waals surface area contributed by atoms with E-state index in [9.17, 15) is 9.18 Å². The Balaban J connectivity index is 2.07. The number of aromatic nitrogens is 3. The molecule has 0 aliphatic carbocycles. The van der Waals surface area contributed by atoms with Crippen molar-refractivity contribution in [2.45, 2.75) is 6.42 Å². The molecule has 0 atom stereocenters. The first-order valence-corrected chi connectivity index (χ1v) is 5.81. The summed E-state index contributed by atoms with van der Waals surface area (Å²) in [6.07, 6.45) is 2.82. The van der Waals surface area contributed by atoms with Gasteiger partial charge in [0.2, 0.25) is 0 Å². The van der Waals surface area contributed by atoms with Crippen molar-refractivity contribution < 1.29 is 9.18 Å². The van der Waals surface area contributed by atoms with Gasteiger partial charge in [0, 0.05) is 12.6 Å². The molecule has 1 aromatic carbocycles. The Bertz CT molecular complexity index is 751. The zero-order valence-corrected chi connectivity index (χ0v) is 9.95. The quantitative estimate of drug-likeness (QED) is 0.674. The van der Waals surface area contributed by atoms with Gasteiger partial charge in [0.15, 0.2) is 11.9 Å². The van der Waals surface area contributed by atoms with E-state index in [0.717, 1.165) is 6.29 Å². The molecule has 3 aromatic rings. The molecule has 5 heteroatoms. The molecule has 0 radical (unpaired) electrons. The second kappa shape index (κ2) is 4.61. The highest BCUT2D eigenvalue weighted by molar-refractivity contribution is 5.83. The van der Waals surface area contributed by atoms with Gasteiger partial charge in [0.05, 0.1) is 5.56 Å². The molecule has 4 nitrogen and oxygen atoms in total. The molecular weight excluding hydrogens is 245 g/mol. The summed E-state index contributed by atoms with van der Waals surface area (Å²) in [5, 5.41) is 8.00. The zero-order valence-electron chi connectivity index (χ0n) is 9.95. The summed E-state index contributed by atoms with van der Waals surface area (Å²) in [7, 11) is 0. The molecule has 0 bridgehead atoms. The molecule has 0 amide bonds. The van der Waals surface area contributed by atoms with Gasteiger partial charge in [-0.15, -0.1) is 10.2 Å². The number of hydrogen-bond donors (Lipinski definition) is 0. The summed E-state index contributed by atoms with van der Waals surface area (Å²) in [5.41, 5.74) is 1.51. The lowest BCUT2D eigenvalue weighted by Gasteiger charge is -2.02. The molecule has 0 fully saturated rings. The van der Waals surface area contributed by atoms with Crippen LogP contribution in [0.1, 0.15) is 21.7 Å². The minimum absolute atomic E-state index is 0.272. The monoisotopic (exact) mass is 255 g/mol. The fourth-order valence-corrected chi connectivity index (χ4v) is 2.01. The van der Waals surface area contributed by atoms with Crippen molar-refractivity contribution in [3.05, 3.63) is 65.4 Å². The third-order valence-corrected chi connectivity index (χ3v) is 2.97. The van der Waals surface area contributed by atoms with E-state index in [1.807, 2.05) is 0 Å². The predicted molar refractivity (Wildman–Crippen MR) is 67.6 cm³/mol. The van der Waals surface area contributed by atoms with Crippen molar-refractivity contribution in [1.29, 1.82) is 0 Å². The van der Waals surface area contributed by atoms with E-state index in [1.54, 1.807) is 40.9 Å². The molecule has 0 N–H and O–H groups in total. The van der Waals surface area contributed by atoms with Crippen LogP contribution in [0.4, 0.5) is 4.39 Å². The Labute approximate surface area is 108 Å². The van der Waals surface area contributed by atoms with E-state index >= 15 is 0 Å². The Morgan fingerprint density at radius 2 is 2.00 bits per heavy atom. The minimum atomic E-state index is -0.272. The van der Waals surface area contributed by atoms with E-state index in [-0.39, 0.29) is 5.82 Å². The molecule has 0 unspecified atom stereocenters. The lowest BCUT2D eigenvalue weighted by molar-refractivity contribution is 0.112. The Morgan fingerprint density at radius 1 is 1.16 bits per heavy atom. The van der Waals surface area contributed by atoms with E-state index < -0.39 is 0 Å². The van der Waals surface area contributed by atoms with Gasteiger partial charge in [-0.25, -0.2) is 4.39 Å². The summed E-state index contributed by atoms with van der Waals surface area (Å²) < 4.78 is 15.3. The summed E-state index contributed by atoms with van der Waals surface area (Å²) in [4.78, 5) is 10.9. The van der Waals surface area contributed by atoms with Crippen LogP contribution in [0.3, 0.4) is 0 Å². The first-order chi connectivity index (χ1) is 9.29. The number of benzene rings is 1. The average molecular weight is 255 g/mol. The number of rotatable bonds is 3. The molecule has 0 saturated heterocycles. The van der Waals surface area contributed by atoms with Gasteiger partial charge in [0.25, 0.3) is 0 Å². The molecule has 3 rings (SSSR count). The van der Waals surface area contributed by atoms with Crippen molar-refractivity contribution >= 4 is 11.9 Å². The van der Waals surface area contributed by atoms with Crippen molar-refractivity contribution in [2.75, 3.05) is 0 Å².